The maximum atomic E-state index is 11.4. The first-order chi connectivity index (χ1) is 9.61. The molecule has 0 spiro atoms. The normalized spacial score (nSPS) is 12.2. The molecular formula is C15H29NO3S. The molecule has 0 aromatic rings. The molecule has 118 valence electrons. The Morgan fingerprint density at radius 3 is 2.00 bits per heavy atom. The summed E-state index contributed by atoms with van der Waals surface area (Å²) in [7, 11) is 0. The highest BCUT2D eigenvalue weighted by Gasteiger charge is 2.16. The monoisotopic (exact) mass is 303 g/mol. The summed E-state index contributed by atoms with van der Waals surface area (Å²) >= 11 is 3.88. The number of carbonyl (C=O) groups excluding carboxylic acids is 2. The Hall–Kier alpha value is -0.550. The van der Waals surface area contributed by atoms with Crippen molar-refractivity contribution in [1.29, 1.82) is 0 Å². The van der Waals surface area contributed by atoms with E-state index in [1.54, 1.807) is 0 Å². The van der Waals surface area contributed by atoms with Gasteiger partial charge in [-0.15, -0.1) is 0 Å². The molecule has 2 N–H and O–H groups in total. The number of rotatable bonds is 12. The van der Waals surface area contributed by atoms with Crippen LogP contribution < -0.4 is 5.73 Å². The van der Waals surface area contributed by atoms with Crippen LogP contribution >= 0.6 is 12.6 Å². The maximum Gasteiger partial charge on any atom is 0.331 e. The van der Waals surface area contributed by atoms with Gasteiger partial charge in [-0.25, -0.2) is 4.79 Å². The summed E-state index contributed by atoms with van der Waals surface area (Å²) in [5.74, 6) is -0.972. The van der Waals surface area contributed by atoms with Crippen LogP contribution in [0.5, 0.6) is 0 Å². The zero-order valence-electron chi connectivity index (χ0n) is 12.6. The molecule has 0 saturated heterocycles. The van der Waals surface area contributed by atoms with E-state index in [4.69, 9.17) is 5.73 Å². The largest absolute Gasteiger partial charge is 0.392 e. The Morgan fingerprint density at radius 1 is 1.00 bits per heavy atom. The zero-order chi connectivity index (χ0) is 15.2. The number of unbranched alkanes of at least 4 members (excludes halogenated alkanes) is 8. The molecule has 0 aromatic heterocycles. The van der Waals surface area contributed by atoms with Crippen LogP contribution in [-0.2, 0) is 14.3 Å². The van der Waals surface area contributed by atoms with Gasteiger partial charge < -0.3 is 10.5 Å². The van der Waals surface area contributed by atoms with E-state index in [1.165, 1.54) is 38.5 Å². The Morgan fingerprint density at radius 2 is 1.50 bits per heavy atom. The second-order valence-corrected chi connectivity index (χ2v) is 5.53. The smallest absolute Gasteiger partial charge is 0.331 e. The van der Waals surface area contributed by atoms with Crippen molar-refractivity contribution in [3.05, 3.63) is 0 Å². The Labute approximate surface area is 128 Å². The summed E-state index contributed by atoms with van der Waals surface area (Å²) < 4.78 is 4.62. The van der Waals surface area contributed by atoms with Gasteiger partial charge in [-0.05, 0) is 6.42 Å². The van der Waals surface area contributed by atoms with Crippen molar-refractivity contribution < 1.29 is 14.3 Å². The molecule has 0 aromatic carbocycles. The molecule has 0 heterocycles. The average Bonchev–Trinajstić information content (AvgIpc) is 2.44. The zero-order valence-corrected chi connectivity index (χ0v) is 13.5. The van der Waals surface area contributed by atoms with Crippen LogP contribution in [0.1, 0.15) is 71.1 Å². The van der Waals surface area contributed by atoms with Gasteiger partial charge in [0.1, 0.15) is 6.04 Å². The molecule has 0 rings (SSSR count). The summed E-state index contributed by atoms with van der Waals surface area (Å²) in [4.78, 5) is 22.6. The lowest BCUT2D eigenvalue weighted by molar-refractivity contribution is -0.160. The van der Waals surface area contributed by atoms with Gasteiger partial charge in [0.2, 0.25) is 0 Å². The van der Waals surface area contributed by atoms with E-state index in [1.807, 2.05) is 0 Å². The maximum absolute atomic E-state index is 11.4. The van der Waals surface area contributed by atoms with Crippen molar-refractivity contribution in [1.82, 2.24) is 0 Å². The highest BCUT2D eigenvalue weighted by molar-refractivity contribution is 7.80. The van der Waals surface area contributed by atoms with E-state index >= 15 is 0 Å². The van der Waals surface area contributed by atoms with Crippen molar-refractivity contribution in [3.63, 3.8) is 0 Å². The Kier molecular flexibility index (Phi) is 13.1. The van der Waals surface area contributed by atoms with E-state index in [0.29, 0.717) is 6.42 Å². The third-order valence-electron chi connectivity index (χ3n) is 3.20. The number of thiol groups is 1. The Bertz CT molecular complexity index is 272. The van der Waals surface area contributed by atoms with Crippen molar-refractivity contribution in [2.75, 3.05) is 5.75 Å². The van der Waals surface area contributed by atoms with Crippen LogP contribution in [0.4, 0.5) is 0 Å². The van der Waals surface area contributed by atoms with Gasteiger partial charge in [0.05, 0.1) is 0 Å². The summed E-state index contributed by atoms with van der Waals surface area (Å²) in [6.45, 7) is 2.22. The fourth-order valence-corrected chi connectivity index (χ4v) is 2.04. The number of hydrogen-bond acceptors (Lipinski definition) is 5. The summed E-state index contributed by atoms with van der Waals surface area (Å²) in [6, 6.07) is -0.814. The van der Waals surface area contributed by atoms with Gasteiger partial charge >= 0.3 is 11.9 Å². The molecule has 0 fully saturated rings. The van der Waals surface area contributed by atoms with E-state index in [9.17, 15) is 9.59 Å². The van der Waals surface area contributed by atoms with Crippen molar-refractivity contribution in [2.45, 2.75) is 77.2 Å². The number of esters is 2. The highest BCUT2D eigenvalue weighted by atomic mass is 32.1. The van der Waals surface area contributed by atoms with Crippen LogP contribution in [0.25, 0.3) is 0 Å². The molecule has 0 unspecified atom stereocenters. The lowest BCUT2D eigenvalue weighted by atomic mass is 10.1. The highest BCUT2D eigenvalue weighted by Crippen LogP contribution is 2.10. The summed E-state index contributed by atoms with van der Waals surface area (Å²) in [5.41, 5.74) is 5.41. The number of ether oxygens (including phenoxy) is 1. The Balaban J connectivity index is 3.38. The minimum Gasteiger partial charge on any atom is -0.392 e. The first-order valence-electron chi connectivity index (χ1n) is 7.72. The molecular weight excluding hydrogens is 274 g/mol. The minimum absolute atomic E-state index is 0.185. The van der Waals surface area contributed by atoms with E-state index in [2.05, 4.69) is 24.3 Å². The topological polar surface area (TPSA) is 69.4 Å². The molecule has 0 bridgehead atoms. The summed E-state index contributed by atoms with van der Waals surface area (Å²) in [5, 5.41) is 0. The fourth-order valence-electron chi connectivity index (χ4n) is 1.89. The molecule has 0 aliphatic carbocycles. The van der Waals surface area contributed by atoms with Crippen molar-refractivity contribution in [3.8, 4) is 0 Å². The van der Waals surface area contributed by atoms with E-state index < -0.39 is 18.0 Å². The molecule has 20 heavy (non-hydrogen) atoms. The van der Waals surface area contributed by atoms with Gasteiger partial charge in [-0.1, -0.05) is 58.3 Å². The van der Waals surface area contributed by atoms with E-state index in [0.717, 1.165) is 19.3 Å². The average molecular weight is 303 g/mol. The first kappa shape index (κ1) is 19.4. The van der Waals surface area contributed by atoms with Gasteiger partial charge in [0.15, 0.2) is 0 Å². The molecule has 1 atom stereocenters. The predicted octanol–water partition coefficient (Wildman–Crippen LogP) is 3.23. The molecule has 5 heteroatoms. The van der Waals surface area contributed by atoms with Crippen LogP contribution in [0, 0.1) is 0 Å². The van der Waals surface area contributed by atoms with Crippen molar-refractivity contribution in [2.24, 2.45) is 5.73 Å². The predicted molar refractivity (Wildman–Crippen MR) is 84.8 cm³/mol. The molecule has 0 aliphatic rings. The molecule has 0 radical (unpaired) electrons. The van der Waals surface area contributed by atoms with Gasteiger partial charge in [0.25, 0.3) is 0 Å². The van der Waals surface area contributed by atoms with Crippen LogP contribution in [0.15, 0.2) is 0 Å². The molecule has 0 saturated carbocycles. The van der Waals surface area contributed by atoms with Gasteiger partial charge in [0, 0.05) is 12.2 Å². The van der Waals surface area contributed by atoms with E-state index in [-0.39, 0.29) is 5.75 Å². The molecule has 0 aliphatic heterocycles. The van der Waals surface area contributed by atoms with Gasteiger partial charge in [-0.2, -0.15) is 12.6 Å². The third-order valence-corrected chi connectivity index (χ3v) is 3.59. The number of nitrogens with two attached hydrogens (primary N) is 1. The van der Waals surface area contributed by atoms with Crippen LogP contribution in [-0.4, -0.2) is 23.7 Å². The number of hydrogen-bond donors (Lipinski definition) is 2. The van der Waals surface area contributed by atoms with Crippen LogP contribution in [0.2, 0.25) is 0 Å². The SMILES string of the molecule is CCCCCCCCCCCC(=O)OC(=O)[C@@H](N)CS. The lowest BCUT2D eigenvalue weighted by Crippen LogP contribution is -2.35. The second-order valence-electron chi connectivity index (χ2n) is 5.16. The second kappa shape index (κ2) is 13.4. The van der Waals surface area contributed by atoms with Gasteiger partial charge in [-0.3, -0.25) is 4.79 Å². The molecule has 0 amide bonds. The molecule has 4 nitrogen and oxygen atoms in total. The number of carbonyl (C=O) groups is 2. The standard InChI is InChI=1S/C15H29NO3S/c1-2-3-4-5-6-7-8-9-10-11-14(17)19-15(18)13(16)12-20/h13,20H,2-12,16H2,1H3/t13-/m0/s1. The minimum atomic E-state index is -0.814. The van der Waals surface area contributed by atoms with Crippen molar-refractivity contribution >= 4 is 24.6 Å². The first-order valence-corrected chi connectivity index (χ1v) is 8.36. The summed E-state index contributed by atoms with van der Waals surface area (Å²) in [6.07, 6.45) is 11.0. The van der Waals surface area contributed by atoms with Crippen LogP contribution in [0.3, 0.4) is 0 Å². The lowest BCUT2D eigenvalue weighted by Gasteiger charge is -2.07. The third kappa shape index (κ3) is 11.3. The quantitative estimate of drug-likeness (QED) is 0.251. The fraction of sp³-hybridized carbons (Fsp3) is 0.867.